The Morgan fingerprint density at radius 1 is 0.826 bits per heavy atom. The fourth-order valence-corrected chi connectivity index (χ4v) is 2.56. The summed E-state index contributed by atoms with van der Waals surface area (Å²) in [7, 11) is 0. The first-order valence-corrected chi connectivity index (χ1v) is 8.16. The van der Waals surface area contributed by atoms with E-state index in [0.717, 1.165) is 15.6 Å². The Morgan fingerprint density at radius 3 is 2.30 bits per heavy atom. The lowest BCUT2D eigenvalue weighted by atomic mass is 10.0. The van der Waals surface area contributed by atoms with Crippen LogP contribution >= 0.6 is 15.9 Å². The van der Waals surface area contributed by atoms with Crippen LogP contribution in [0.2, 0.25) is 0 Å². The molecule has 0 saturated heterocycles. The molecule has 0 bridgehead atoms. The van der Waals surface area contributed by atoms with E-state index < -0.39 is 0 Å². The summed E-state index contributed by atoms with van der Waals surface area (Å²) in [6.45, 7) is 0.443. The summed E-state index contributed by atoms with van der Waals surface area (Å²) in [5.74, 6) is 0. The van der Waals surface area contributed by atoms with Crippen molar-refractivity contribution in [2.45, 2.75) is 6.61 Å². The van der Waals surface area contributed by atoms with Crippen LogP contribution in [0.15, 0.2) is 88.5 Å². The van der Waals surface area contributed by atoms with Crippen LogP contribution in [0.4, 0.5) is 0 Å². The Morgan fingerprint density at radius 2 is 1.52 bits per heavy atom. The van der Waals surface area contributed by atoms with Crippen molar-refractivity contribution in [3.05, 3.63) is 94.5 Å². The smallest absolute Gasteiger partial charge is 0.142 e. The third kappa shape index (κ3) is 4.30. The van der Waals surface area contributed by atoms with E-state index in [-0.39, 0.29) is 0 Å². The molecule has 0 fully saturated rings. The summed E-state index contributed by atoms with van der Waals surface area (Å²) in [4.78, 5) is 5.47. The Bertz CT molecular complexity index is 782. The van der Waals surface area contributed by atoms with Gasteiger partial charge in [0, 0.05) is 4.47 Å². The zero-order valence-corrected chi connectivity index (χ0v) is 14.1. The van der Waals surface area contributed by atoms with Gasteiger partial charge in [0.1, 0.15) is 6.61 Å². The van der Waals surface area contributed by atoms with Crippen LogP contribution in [0.5, 0.6) is 0 Å². The first-order valence-electron chi connectivity index (χ1n) is 7.37. The van der Waals surface area contributed by atoms with E-state index in [4.69, 9.17) is 4.84 Å². The summed E-state index contributed by atoms with van der Waals surface area (Å²) in [5.41, 5.74) is 4.48. The van der Waals surface area contributed by atoms with Gasteiger partial charge in [0.05, 0.1) is 6.21 Å². The molecule has 0 aromatic heterocycles. The van der Waals surface area contributed by atoms with Crippen molar-refractivity contribution in [2.75, 3.05) is 0 Å². The van der Waals surface area contributed by atoms with Crippen molar-refractivity contribution in [3.63, 3.8) is 0 Å². The summed E-state index contributed by atoms with van der Waals surface area (Å²) in [6, 6.07) is 26.4. The molecule has 0 aliphatic carbocycles. The predicted octanol–water partition coefficient (Wildman–Crippen LogP) is 5.67. The summed E-state index contributed by atoms with van der Waals surface area (Å²) in [5, 5.41) is 4.06. The third-order valence-electron chi connectivity index (χ3n) is 3.47. The molecule has 3 aromatic carbocycles. The minimum atomic E-state index is 0.443. The number of benzene rings is 3. The SMILES string of the molecule is Brc1ccc(C=NOCc2ccccc2-c2ccccc2)cc1. The molecule has 3 aromatic rings. The van der Waals surface area contributed by atoms with Gasteiger partial charge in [-0.15, -0.1) is 0 Å². The lowest BCUT2D eigenvalue weighted by molar-refractivity contribution is 0.132. The number of hydrogen-bond acceptors (Lipinski definition) is 2. The molecule has 0 aliphatic rings. The van der Waals surface area contributed by atoms with Crippen LogP contribution in [-0.4, -0.2) is 6.21 Å². The van der Waals surface area contributed by atoms with Crippen LogP contribution in [0.3, 0.4) is 0 Å². The van der Waals surface area contributed by atoms with Gasteiger partial charge in [-0.05, 0) is 34.4 Å². The van der Waals surface area contributed by atoms with Gasteiger partial charge >= 0.3 is 0 Å². The molecule has 2 nitrogen and oxygen atoms in total. The molecule has 3 rings (SSSR count). The fourth-order valence-electron chi connectivity index (χ4n) is 2.30. The van der Waals surface area contributed by atoms with Crippen LogP contribution in [0.25, 0.3) is 11.1 Å². The molecule has 0 spiro atoms. The van der Waals surface area contributed by atoms with E-state index >= 15 is 0 Å². The lowest BCUT2D eigenvalue weighted by Gasteiger charge is -2.08. The van der Waals surface area contributed by atoms with Crippen LogP contribution < -0.4 is 0 Å². The van der Waals surface area contributed by atoms with E-state index in [1.165, 1.54) is 11.1 Å². The Hall–Kier alpha value is -2.39. The zero-order valence-electron chi connectivity index (χ0n) is 12.5. The van der Waals surface area contributed by atoms with Gasteiger partial charge in [0.15, 0.2) is 0 Å². The van der Waals surface area contributed by atoms with Crippen molar-refractivity contribution >= 4 is 22.1 Å². The third-order valence-corrected chi connectivity index (χ3v) is 4.00. The maximum Gasteiger partial charge on any atom is 0.142 e. The summed E-state index contributed by atoms with van der Waals surface area (Å²) < 4.78 is 1.05. The van der Waals surface area contributed by atoms with Gasteiger partial charge in [-0.2, -0.15) is 0 Å². The van der Waals surface area contributed by atoms with Crippen LogP contribution in [-0.2, 0) is 11.4 Å². The molecule has 0 atom stereocenters. The molecule has 23 heavy (non-hydrogen) atoms. The lowest BCUT2D eigenvalue weighted by Crippen LogP contribution is -1.92. The molecular formula is C20H16BrNO. The van der Waals surface area contributed by atoms with Gasteiger partial charge in [-0.3, -0.25) is 0 Å². The highest BCUT2D eigenvalue weighted by Crippen LogP contribution is 2.23. The summed E-state index contributed by atoms with van der Waals surface area (Å²) >= 11 is 3.41. The molecule has 0 saturated carbocycles. The van der Waals surface area contributed by atoms with Crippen LogP contribution in [0.1, 0.15) is 11.1 Å². The topological polar surface area (TPSA) is 21.6 Å². The largest absolute Gasteiger partial charge is 0.391 e. The van der Waals surface area contributed by atoms with Crippen molar-refractivity contribution < 1.29 is 4.84 Å². The van der Waals surface area contributed by atoms with Crippen molar-refractivity contribution in [2.24, 2.45) is 5.16 Å². The van der Waals surface area contributed by atoms with Crippen molar-refractivity contribution in [1.82, 2.24) is 0 Å². The standard InChI is InChI=1S/C20H16BrNO/c21-19-12-10-16(11-13-19)14-22-23-15-18-8-4-5-9-20(18)17-6-2-1-3-7-17/h1-14H,15H2. The second kappa shape index (κ2) is 7.75. The maximum atomic E-state index is 5.47. The number of halogens is 1. The first kappa shape index (κ1) is 15.5. The number of hydrogen-bond donors (Lipinski definition) is 0. The van der Waals surface area contributed by atoms with E-state index in [9.17, 15) is 0 Å². The fraction of sp³-hybridized carbons (Fsp3) is 0.0500. The van der Waals surface area contributed by atoms with Crippen molar-refractivity contribution in [1.29, 1.82) is 0 Å². The highest BCUT2D eigenvalue weighted by Gasteiger charge is 2.04. The van der Waals surface area contributed by atoms with Gasteiger partial charge in [-0.1, -0.05) is 87.8 Å². The normalized spacial score (nSPS) is 10.8. The van der Waals surface area contributed by atoms with Gasteiger partial charge in [-0.25, -0.2) is 0 Å². The van der Waals surface area contributed by atoms with E-state index in [1.54, 1.807) is 6.21 Å². The van der Waals surface area contributed by atoms with E-state index in [1.807, 2.05) is 54.6 Å². The number of rotatable bonds is 5. The molecule has 3 heteroatoms. The molecule has 0 N–H and O–H groups in total. The van der Waals surface area contributed by atoms with Gasteiger partial charge in [0.2, 0.25) is 0 Å². The van der Waals surface area contributed by atoms with Crippen molar-refractivity contribution in [3.8, 4) is 11.1 Å². The average Bonchev–Trinajstić information content (AvgIpc) is 2.61. The molecule has 0 amide bonds. The zero-order chi connectivity index (χ0) is 15.9. The maximum absolute atomic E-state index is 5.47. The minimum Gasteiger partial charge on any atom is -0.391 e. The molecule has 0 heterocycles. The first-order chi connectivity index (χ1) is 11.3. The Labute approximate surface area is 144 Å². The summed E-state index contributed by atoms with van der Waals surface area (Å²) in [6.07, 6.45) is 1.72. The molecular weight excluding hydrogens is 350 g/mol. The second-order valence-corrected chi connectivity index (χ2v) is 6.00. The molecule has 114 valence electrons. The van der Waals surface area contributed by atoms with Gasteiger partial charge in [0.25, 0.3) is 0 Å². The average molecular weight is 366 g/mol. The monoisotopic (exact) mass is 365 g/mol. The number of oxime groups is 1. The second-order valence-electron chi connectivity index (χ2n) is 5.08. The van der Waals surface area contributed by atoms with Gasteiger partial charge < -0.3 is 4.84 Å². The Kier molecular flexibility index (Phi) is 5.22. The minimum absolute atomic E-state index is 0.443. The predicted molar refractivity (Wildman–Crippen MR) is 98.4 cm³/mol. The van der Waals surface area contributed by atoms with Crippen LogP contribution in [0, 0.1) is 0 Å². The van der Waals surface area contributed by atoms with E-state index in [2.05, 4.69) is 45.4 Å². The van der Waals surface area contributed by atoms with E-state index in [0.29, 0.717) is 6.61 Å². The highest BCUT2D eigenvalue weighted by atomic mass is 79.9. The molecule has 0 aliphatic heterocycles. The molecule has 0 unspecified atom stereocenters. The number of nitrogens with zero attached hydrogens (tertiary/aromatic N) is 1. The quantitative estimate of drug-likeness (QED) is 0.421. The molecule has 0 radical (unpaired) electrons. The Balaban J connectivity index is 1.68. The highest BCUT2D eigenvalue weighted by molar-refractivity contribution is 9.10.